The van der Waals surface area contributed by atoms with Crippen LogP contribution in [-0.4, -0.2) is 41.5 Å². The number of hydrogen-bond acceptors (Lipinski definition) is 4. The van der Waals surface area contributed by atoms with E-state index >= 15 is 0 Å². The van der Waals surface area contributed by atoms with Gasteiger partial charge < -0.3 is 5.32 Å². The number of nitrogens with one attached hydrogen (secondary N) is 1. The van der Waals surface area contributed by atoms with Crippen molar-refractivity contribution in [2.45, 2.75) is 25.3 Å². The molecule has 7 nitrogen and oxygen atoms in total. The van der Waals surface area contributed by atoms with E-state index in [1.54, 1.807) is 42.2 Å². The molecular weight excluding hydrogens is 328 g/mol. The van der Waals surface area contributed by atoms with E-state index in [9.17, 15) is 13.2 Å². The van der Waals surface area contributed by atoms with Crippen molar-refractivity contribution in [2.75, 3.05) is 13.1 Å². The lowest BCUT2D eigenvalue weighted by Gasteiger charge is -2.18. The van der Waals surface area contributed by atoms with E-state index in [4.69, 9.17) is 0 Å². The Kier molecular flexibility index (Phi) is 5.74. The van der Waals surface area contributed by atoms with Crippen LogP contribution in [0.25, 0.3) is 0 Å². The maximum atomic E-state index is 12.4. The summed E-state index contributed by atoms with van der Waals surface area (Å²) in [7, 11) is -1.71. The van der Waals surface area contributed by atoms with Crippen LogP contribution in [0, 0.1) is 0 Å². The number of carbonyl (C=O) groups excluding carboxylic acids is 1. The summed E-state index contributed by atoms with van der Waals surface area (Å²) in [6, 6.07) is 6.55. The Morgan fingerprint density at radius 3 is 2.33 bits per heavy atom. The van der Waals surface area contributed by atoms with Crippen LogP contribution in [0.3, 0.4) is 0 Å². The molecular formula is C16H22N4O3S. The van der Waals surface area contributed by atoms with E-state index in [0.717, 1.165) is 5.56 Å². The molecule has 2 aromatic rings. The third kappa shape index (κ3) is 4.01. The van der Waals surface area contributed by atoms with Crippen molar-refractivity contribution in [3.05, 3.63) is 47.8 Å². The average molecular weight is 350 g/mol. The molecule has 2 rings (SSSR count). The lowest BCUT2D eigenvalue weighted by Crippen LogP contribution is -2.30. The maximum absolute atomic E-state index is 12.4. The topological polar surface area (TPSA) is 84.3 Å². The molecule has 1 amide bonds. The fraction of sp³-hybridized carbons (Fsp3) is 0.375. The summed E-state index contributed by atoms with van der Waals surface area (Å²) in [5, 5.41) is 6.73. The standard InChI is InChI=1S/C16H22N4O3S/c1-4-20(5-2)24(22,23)15-8-6-13(7-9-15)10-17-16(21)14-11-18-19(3)12-14/h6-9,11-12H,4-5,10H2,1-3H3,(H,17,21). The Bertz CT molecular complexity index is 793. The number of benzene rings is 1. The molecule has 0 saturated heterocycles. The molecule has 0 saturated carbocycles. The van der Waals surface area contributed by atoms with Crippen LogP contribution < -0.4 is 5.32 Å². The molecule has 24 heavy (non-hydrogen) atoms. The van der Waals surface area contributed by atoms with E-state index in [1.807, 2.05) is 13.8 Å². The lowest BCUT2D eigenvalue weighted by atomic mass is 10.2. The molecule has 0 spiro atoms. The van der Waals surface area contributed by atoms with Crippen molar-refractivity contribution in [3.63, 3.8) is 0 Å². The lowest BCUT2D eigenvalue weighted by molar-refractivity contribution is 0.0951. The molecule has 1 aromatic carbocycles. The molecule has 8 heteroatoms. The summed E-state index contributed by atoms with van der Waals surface area (Å²) in [6.45, 7) is 4.80. The van der Waals surface area contributed by atoms with Gasteiger partial charge in [0.15, 0.2) is 0 Å². The largest absolute Gasteiger partial charge is 0.348 e. The van der Waals surface area contributed by atoms with Gasteiger partial charge in [0.2, 0.25) is 10.0 Å². The van der Waals surface area contributed by atoms with Gasteiger partial charge >= 0.3 is 0 Å². The van der Waals surface area contributed by atoms with Crippen molar-refractivity contribution in [1.29, 1.82) is 0 Å². The van der Waals surface area contributed by atoms with Gasteiger partial charge in [0.25, 0.3) is 5.91 Å². The van der Waals surface area contributed by atoms with Gasteiger partial charge in [-0.15, -0.1) is 0 Å². The summed E-state index contributed by atoms with van der Waals surface area (Å²) in [5.74, 6) is -0.220. The highest BCUT2D eigenvalue weighted by Gasteiger charge is 2.21. The molecule has 1 N–H and O–H groups in total. The molecule has 0 aliphatic rings. The molecule has 0 aliphatic heterocycles. The molecule has 0 radical (unpaired) electrons. The minimum atomic E-state index is -3.45. The van der Waals surface area contributed by atoms with Gasteiger partial charge in [-0.05, 0) is 17.7 Å². The first kappa shape index (κ1) is 18.2. The van der Waals surface area contributed by atoms with Gasteiger partial charge in [-0.1, -0.05) is 26.0 Å². The first-order valence-corrected chi connectivity index (χ1v) is 9.18. The number of rotatable bonds is 7. The Balaban J connectivity index is 2.03. The van der Waals surface area contributed by atoms with E-state index in [2.05, 4.69) is 10.4 Å². The van der Waals surface area contributed by atoms with E-state index in [1.165, 1.54) is 10.5 Å². The Morgan fingerprint density at radius 1 is 1.21 bits per heavy atom. The third-order valence-electron chi connectivity index (χ3n) is 3.69. The van der Waals surface area contributed by atoms with Crippen LogP contribution in [0.4, 0.5) is 0 Å². The van der Waals surface area contributed by atoms with Crippen LogP contribution >= 0.6 is 0 Å². The summed E-state index contributed by atoms with van der Waals surface area (Å²) >= 11 is 0. The normalized spacial score (nSPS) is 11.7. The number of amides is 1. The summed E-state index contributed by atoms with van der Waals surface area (Å²) in [5.41, 5.74) is 1.31. The zero-order valence-electron chi connectivity index (χ0n) is 14.1. The minimum absolute atomic E-state index is 0.220. The van der Waals surface area contributed by atoms with E-state index in [0.29, 0.717) is 25.2 Å². The highest BCUT2D eigenvalue weighted by atomic mass is 32.2. The van der Waals surface area contributed by atoms with Crippen molar-refractivity contribution in [3.8, 4) is 0 Å². The predicted molar refractivity (Wildman–Crippen MR) is 90.9 cm³/mol. The van der Waals surface area contributed by atoms with Crippen LogP contribution in [0.15, 0.2) is 41.6 Å². The fourth-order valence-electron chi connectivity index (χ4n) is 2.31. The monoisotopic (exact) mass is 350 g/mol. The van der Waals surface area contributed by atoms with Crippen LogP contribution in [0.1, 0.15) is 29.8 Å². The number of hydrogen-bond donors (Lipinski definition) is 1. The second-order valence-electron chi connectivity index (χ2n) is 5.32. The molecule has 130 valence electrons. The van der Waals surface area contributed by atoms with Gasteiger partial charge in [-0.25, -0.2) is 8.42 Å². The van der Waals surface area contributed by atoms with Gasteiger partial charge in [0.1, 0.15) is 0 Å². The zero-order chi connectivity index (χ0) is 17.7. The van der Waals surface area contributed by atoms with Crippen molar-refractivity contribution >= 4 is 15.9 Å². The SMILES string of the molecule is CCN(CC)S(=O)(=O)c1ccc(CNC(=O)c2cnn(C)c2)cc1. The number of aromatic nitrogens is 2. The quantitative estimate of drug-likeness (QED) is 0.818. The molecule has 0 aliphatic carbocycles. The Labute approximate surface area is 142 Å². The molecule has 0 fully saturated rings. The van der Waals surface area contributed by atoms with E-state index in [-0.39, 0.29) is 10.8 Å². The van der Waals surface area contributed by atoms with E-state index < -0.39 is 10.0 Å². The van der Waals surface area contributed by atoms with Crippen LogP contribution in [-0.2, 0) is 23.6 Å². The maximum Gasteiger partial charge on any atom is 0.254 e. The van der Waals surface area contributed by atoms with Crippen LogP contribution in [0.5, 0.6) is 0 Å². The molecule has 0 atom stereocenters. The van der Waals surface area contributed by atoms with Crippen molar-refractivity contribution in [2.24, 2.45) is 7.05 Å². The summed E-state index contributed by atoms with van der Waals surface area (Å²) in [6.07, 6.45) is 3.13. The average Bonchev–Trinajstić information content (AvgIpc) is 3.00. The van der Waals surface area contributed by atoms with Gasteiger partial charge in [-0.3, -0.25) is 9.48 Å². The highest BCUT2D eigenvalue weighted by Crippen LogP contribution is 2.16. The Morgan fingerprint density at radius 2 is 1.83 bits per heavy atom. The predicted octanol–water partition coefficient (Wildman–Crippen LogP) is 1.38. The number of nitrogens with zero attached hydrogens (tertiary/aromatic N) is 3. The smallest absolute Gasteiger partial charge is 0.254 e. The fourth-order valence-corrected chi connectivity index (χ4v) is 3.77. The van der Waals surface area contributed by atoms with Gasteiger partial charge in [-0.2, -0.15) is 9.40 Å². The molecule has 0 unspecified atom stereocenters. The molecule has 0 bridgehead atoms. The zero-order valence-corrected chi connectivity index (χ0v) is 14.9. The van der Waals surface area contributed by atoms with Crippen molar-refractivity contribution in [1.82, 2.24) is 19.4 Å². The second kappa shape index (κ2) is 7.59. The second-order valence-corrected chi connectivity index (χ2v) is 7.26. The molecule has 1 heterocycles. The van der Waals surface area contributed by atoms with Crippen LogP contribution in [0.2, 0.25) is 0 Å². The highest BCUT2D eigenvalue weighted by molar-refractivity contribution is 7.89. The first-order chi connectivity index (χ1) is 11.4. The first-order valence-electron chi connectivity index (χ1n) is 7.74. The summed E-state index contributed by atoms with van der Waals surface area (Å²) < 4.78 is 27.8. The summed E-state index contributed by atoms with van der Waals surface area (Å²) in [4.78, 5) is 12.2. The van der Waals surface area contributed by atoms with Gasteiger partial charge in [0.05, 0.1) is 16.7 Å². The number of sulfonamides is 1. The minimum Gasteiger partial charge on any atom is -0.348 e. The number of aryl methyl sites for hydroxylation is 1. The number of carbonyl (C=O) groups is 1. The Hall–Kier alpha value is -2.19. The third-order valence-corrected chi connectivity index (χ3v) is 5.75. The van der Waals surface area contributed by atoms with Gasteiger partial charge in [0, 0.05) is 32.9 Å². The molecule has 1 aromatic heterocycles. The van der Waals surface area contributed by atoms with Crippen molar-refractivity contribution < 1.29 is 13.2 Å².